The van der Waals surface area contributed by atoms with Crippen molar-refractivity contribution in [1.29, 1.82) is 0 Å². The fourth-order valence-corrected chi connectivity index (χ4v) is 4.74. The van der Waals surface area contributed by atoms with Crippen molar-refractivity contribution in [3.8, 4) is 11.5 Å². The molecule has 0 radical (unpaired) electrons. The van der Waals surface area contributed by atoms with Crippen molar-refractivity contribution >= 4 is 45.5 Å². The first-order valence-electron chi connectivity index (χ1n) is 11.8. The summed E-state index contributed by atoms with van der Waals surface area (Å²) in [5.41, 5.74) is 4.70. The van der Waals surface area contributed by atoms with Gasteiger partial charge in [0.25, 0.3) is 11.8 Å². The number of aryl methyl sites for hydroxylation is 3. The van der Waals surface area contributed by atoms with Crippen LogP contribution in [0.15, 0.2) is 64.6 Å². The van der Waals surface area contributed by atoms with E-state index in [4.69, 9.17) is 9.47 Å². The Labute approximate surface area is 224 Å². The predicted molar refractivity (Wildman–Crippen MR) is 146 cm³/mol. The van der Waals surface area contributed by atoms with Gasteiger partial charge >= 0.3 is 6.03 Å². The number of imide groups is 2. The van der Waals surface area contributed by atoms with Crippen molar-refractivity contribution in [2.24, 2.45) is 0 Å². The van der Waals surface area contributed by atoms with Gasteiger partial charge in [-0.1, -0.05) is 35.9 Å². The number of anilines is 1. The van der Waals surface area contributed by atoms with Gasteiger partial charge in [-0.2, -0.15) is 0 Å². The zero-order valence-electron chi connectivity index (χ0n) is 21.1. The summed E-state index contributed by atoms with van der Waals surface area (Å²) >= 11 is 3.54. The van der Waals surface area contributed by atoms with Gasteiger partial charge in [-0.15, -0.1) is 0 Å². The van der Waals surface area contributed by atoms with Crippen LogP contribution in [-0.4, -0.2) is 24.5 Å². The fourth-order valence-electron chi connectivity index (χ4n) is 4.17. The van der Waals surface area contributed by atoms with Crippen molar-refractivity contribution in [1.82, 2.24) is 5.32 Å². The van der Waals surface area contributed by atoms with Crippen LogP contribution < -0.4 is 19.7 Å². The van der Waals surface area contributed by atoms with Gasteiger partial charge in [0.2, 0.25) is 0 Å². The maximum Gasteiger partial charge on any atom is 0.335 e. The number of benzene rings is 3. The normalized spacial score (nSPS) is 14.7. The van der Waals surface area contributed by atoms with Gasteiger partial charge in [-0.3, -0.25) is 14.9 Å². The minimum Gasteiger partial charge on any atom is -0.490 e. The standard InChI is InChI=1S/C29H27BrN2O5/c1-5-36-25-15-21(14-24(30)26(25)37-16-20-8-6-7-17(2)10-20)13-23-27(33)31-29(35)32(28(23)34)22-11-18(3)9-19(4)12-22/h6-15H,5,16H2,1-4H3,(H,31,33,35)/b23-13+. The number of ether oxygens (including phenoxy) is 2. The Kier molecular flexibility index (Phi) is 7.78. The molecular formula is C29H27BrN2O5. The molecule has 1 heterocycles. The lowest BCUT2D eigenvalue weighted by atomic mass is 10.0. The van der Waals surface area contributed by atoms with Gasteiger partial charge in [0, 0.05) is 0 Å². The van der Waals surface area contributed by atoms with Crippen molar-refractivity contribution in [2.45, 2.75) is 34.3 Å². The molecule has 3 aromatic carbocycles. The smallest absolute Gasteiger partial charge is 0.335 e. The van der Waals surface area contributed by atoms with Crippen molar-refractivity contribution in [3.63, 3.8) is 0 Å². The van der Waals surface area contributed by atoms with Gasteiger partial charge in [0.05, 0.1) is 16.8 Å². The van der Waals surface area contributed by atoms with Gasteiger partial charge in [0.1, 0.15) is 12.2 Å². The first kappa shape index (κ1) is 26.2. The highest BCUT2D eigenvalue weighted by Gasteiger charge is 2.37. The molecule has 0 aromatic heterocycles. The van der Waals surface area contributed by atoms with Crippen LogP contribution in [0.1, 0.15) is 34.7 Å². The van der Waals surface area contributed by atoms with Crippen LogP contribution in [0.3, 0.4) is 0 Å². The molecule has 8 heteroatoms. The topological polar surface area (TPSA) is 84.9 Å². The van der Waals surface area contributed by atoms with Gasteiger partial charge in [0.15, 0.2) is 11.5 Å². The van der Waals surface area contributed by atoms with Crippen molar-refractivity contribution < 1.29 is 23.9 Å². The van der Waals surface area contributed by atoms with Crippen LogP contribution in [0.25, 0.3) is 6.08 Å². The molecule has 4 amide bonds. The van der Waals surface area contributed by atoms with Gasteiger partial charge in [-0.05, 0) is 96.2 Å². The number of barbiturate groups is 1. The summed E-state index contributed by atoms with van der Waals surface area (Å²) in [4.78, 5) is 39.6. The van der Waals surface area contributed by atoms with Gasteiger partial charge < -0.3 is 9.47 Å². The molecule has 37 heavy (non-hydrogen) atoms. The van der Waals surface area contributed by atoms with E-state index in [1.54, 1.807) is 24.3 Å². The Balaban J connectivity index is 1.67. The number of nitrogens with one attached hydrogen (secondary N) is 1. The third-order valence-electron chi connectivity index (χ3n) is 5.67. The van der Waals surface area contributed by atoms with E-state index >= 15 is 0 Å². The molecule has 1 aliphatic rings. The third-order valence-corrected chi connectivity index (χ3v) is 6.26. The molecule has 0 atom stereocenters. The minimum atomic E-state index is -0.784. The summed E-state index contributed by atoms with van der Waals surface area (Å²) < 4.78 is 12.5. The zero-order chi connectivity index (χ0) is 26.7. The van der Waals surface area contributed by atoms with Crippen LogP contribution in [0.4, 0.5) is 10.5 Å². The summed E-state index contributed by atoms with van der Waals surface area (Å²) in [5, 5.41) is 2.27. The summed E-state index contributed by atoms with van der Waals surface area (Å²) in [6.07, 6.45) is 1.44. The number of hydrogen-bond acceptors (Lipinski definition) is 5. The van der Waals surface area contributed by atoms with Crippen molar-refractivity contribution in [3.05, 3.63) is 92.5 Å². The molecule has 1 saturated heterocycles. The zero-order valence-corrected chi connectivity index (χ0v) is 22.6. The van der Waals surface area contributed by atoms with Crippen LogP contribution in [-0.2, 0) is 16.2 Å². The molecule has 7 nitrogen and oxygen atoms in total. The second-order valence-corrected chi connectivity index (χ2v) is 9.70. The molecule has 190 valence electrons. The quantitative estimate of drug-likeness (QED) is 0.281. The molecule has 0 bridgehead atoms. The minimum absolute atomic E-state index is 0.165. The first-order chi connectivity index (χ1) is 17.7. The highest BCUT2D eigenvalue weighted by Crippen LogP contribution is 2.38. The van der Waals surface area contributed by atoms with E-state index in [-0.39, 0.29) is 5.57 Å². The molecule has 3 aromatic rings. The number of carbonyl (C=O) groups is 3. The molecule has 0 aliphatic carbocycles. The van der Waals surface area contributed by atoms with E-state index in [1.165, 1.54) is 6.08 Å². The number of rotatable bonds is 7. The Morgan fingerprint density at radius 1 is 0.919 bits per heavy atom. The summed E-state index contributed by atoms with van der Waals surface area (Å²) in [7, 11) is 0. The average molecular weight is 563 g/mol. The molecule has 1 fully saturated rings. The largest absolute Gasteiger partial charge is 0.490 e. The Bertz CT molecular complexity index is 1410. The maximum atomic E-state index is 13.3. The van der Waals surface area contributed by atoms with Crippen molar-refractivity contribution in [2.75, 3.05) is 11.5 Å². The Morgan fingerprint density at radius 2 is 1.65 bits per heavy atom. The lowest BCUT2D eigenvalue weighted by Gasteiger charge is -2.27. The van der Waals surface area contributed by atoms with Crippen LogP contribution in [0.2, 0.25) is 0 Å². The average Bonchev–Trinajstić information content (AvgIpc) is 2.81. The number of nitrogens with zero attached hydrogens (tertiary/aromatic N) is 1. The molecule has 1 aliphatic heterocycles. The second kappa shape index (κ2) is 11.0. The number of carbonyl (C=O) groups excluding carboxylic acids is 3. The Morgan fingerprint density at radius 3 is 2.32 bits per heavy atom. The molecule has 0 spiro atoms. The van der Waals surface area contributed by atoms with E-state index in [2.05, 4.69) is 21.2 Å². The van der Waals surface area contributed by atoms with E-state index in [0.29, 0.717) is 40.4 Å². The number of halogens is 1. The maximum absolute atomic E-state index is 13.3. The van der Waals surface area contributed by atoms with Crippen LogP contribution in [0.5, 0.6) is 11.5 Å². The molecule has 0 unspecified atom stereocenters. The van der Waals surface area contributed by atoms with E-state index in [0.717, 1.165) is 27.2 Å². The second-order valence-electron chi connectivity index (χ2n) is 8.84. The number of hydrogen-bond donors (Lipinski definition) is 1. The summed E-state index contributed by atoms with van der Waals surface area (Å²) in [6.45, 7) is 8.36. The van der Waals surface area contributed by atoms with E-state index in [9.17, 15) is 14.4 Å². The lowest BCUT2D eigenvalue weighted by Crippen LogP contribution is -2.54. The highest BCUT2D eigenvalue weighted by molar-refractivity contribution is 9.10. The third kappa shape index (κ3) is 5.91. The first-order valence-corrected chi connectivity index (χ1v) is 12.6. The highest BCUT2D eigenvalue weighted by atomic mass is 79.9. The van der Waals surface area contributed by atoms with Crippen LogP contribution >= 0.6 is 15.9 Å². The molecule has 0 saturated carbocycles. The summed E-state index contributed by atoms with van der Waals surface area (Å²) in [6, 6.07) is 16.1. The monoisotopic (exact) mass is 562 g/mol. The predicted octanol–water partition coefficient (Wildman–Crippen LogP) is 6.02. The summed E-state index contributed by atoms with van der Waals surface area (Å²) in [5.74, 6) is -0.489. The fraction of sp³-hybridized carbons (Fsp3) is 0.207. The van der Waals surface area contributed by atoms with Crippen LogP contribution in [0, 0.1) is 20.8 Å². The Hall–Kier alpha value is -3.91. The van der Waals surface area contributed by atoms with E-state index < -0.39 is 17.8 Å². The molecular weight excluding hydrogens is 536 g/mol. The molecule has 4 rings (SSSR count). The lowest BCUT2D eigenvalue weighted by molar-refractivity contribution is -0.122. The molecule has 1 N–H and O–H groups in total. The number of urea groups is 1. The van der Waals surface area contributed by atoms with E-state index in [1.807, 2.05) is 58.0 Å². The number of amides is 4. The van der Waals surface area contributed by atoms with Gasteiger partial charge in [-0.25, -0.2) is 9.69 Å². The SMILES string of the molecule is CCOc1cc(/C=C2\C(=O)NC(=O)N(c3cc(C)cc(C)c3)C2=O)cc(Br)c1OCc1cccc(C)c1.